The molecule has 1 aromatic heterocycles. The molecule has 0 unspecified atom stereocenters. The van der Waals surface area contributed by atoms with Gasteiger partial charge in [0.1, 0.15) is 5.75 Å². The molecular formula is C21H18BrN3O3. The molecule has 0 bridgehead atoms. The average Bonchev–Trinajstić information content (AvgIpc) is 3.05. The van der Waals surface area contributed by atoms with Crippen LogP contribution in [0.25, 0.3) is 10.9 Å². The Hall–Kier alpha value is -3.06. The maximum absolute atomic E-state index is 13.0. The third-order valence-corrected chi connectivity index (χ3v) is 5.40. The van der Waals surface area contributed by atoms with Crippen molar-refractivity contribution in [2.75, 3.05) is 11.9 Å². The van der Waals surface area contributed by atoms with Crippen LogP contribution in [-0.2, 0) is 17.8 Å². The van der Waals surface area contributed by atoms with Gasteiger partial charge in [0.15, 0.2) is 0 Å². The summed E-state index contributed by atoms with van der Waals surface area (Å²) in [6, 6.07) is 10.5. The molecule has 4 rings (SSSR count). The number of aromatic nitrogens is 1. The van der Waals surface area contributed by atoms with Crippen LogP contribution < -0.4 is 5.32 Å². The van der Waals surface area contributed by atoms with Gasteiger partial charge in [-0.2, -0.15) is 0 Å². The lowest BCUT2D eigenvalue weighted by Gasteiger charge is -2.27. The molecule has 142 valence electrons. The normalized spacial score (nSPS) is 13.2. The quantitative estimate of drug-likeness (QED) is 0.426. The predicted molar refractivity (Wildman–Crippen MR) is 111 cm³/mol. The number of benzene rings is 2. The van der Waals surface area contributed by atoms with Gasteiger partial charge in [-0.25, -0.2) is 0 Å². The summed E-state index contributed by atoms with van der Waals surface area (Å²) in [5, 5.41) is 13.9. The van der Waals surface area contributed by atoms with Gasteiger partial charge < -0.3 is 20.3 Å². The van der Waals surface area contributed by atoms with Crippen molar-refractivity contribution in [2.24, 2.45) is 0 Å². The van der Waals surface area contributed by atoms with Gasteiger partial charge in [0, 0.05) is 33.3 Å². The number of nitrogens with zero attached hydrogens (tertiary/aromatic N) is 1. The first-order valence-electron chi connectivity index (χ1n) is 8.81. The van der Waals surface area contributed by atoms with Crippen LogP contribution in [0.1, 0.15) is 21.6 Å². The molecule has 0 saturated heterocycles. The van der Waals surface area contributed by atoms with Crippen LogP contribution in [-0.4, -0.2) is 33.3 Å². The smallest absolute Gasteiger partial charge is 0.258 e. The summed E-state index contributed by atoms with van der Waals surface area (Å²) in [7, 11) is 0. The third kappa shape index (κ3) is 3.29. The molecule has 3 aromatic rings. The fraction of sp³-hybridized carbons (Fsp3) is 0.143. The topological polar surface area (TPSA) is 85.4 Å². The summed E-state index contributed by atoms with van der Waals surface area (Å²) < 4.78 is 1.02. The van der Waals surface area contributed by atoms with Crippen molar-refractivity contribution in [3.05, 3.63) is 70.3 Å². The first kappa shape index (κ1) is 18.3. The Morgan fingerprint density at radius 2 is 2.07 bits per heavy atom. The van der Waals surface area contributed by atoms with Crippen molar-refractivity contribution >= 4 is 44.3 Å². The van der Waals surface area contributed by atoms with E-state index >= 15 is 0 Å². The number of H-pyrrole nitrogens is 1. The molecule has 0 spiro atoms. The summed E-state index contributed by atoms with van der Waals surface area (Å²) in [4.78, 5) is 29.6. The molecule has 6 nitrogen and oxygen atoms in total. The summed E-state index contributed by atoms with van der Waals surface area (Å²) >= 11 is 3.51. The lowest BCUT2D eigenvalue weighted by molar-refractivity contribution is -0.111. The van der Waals surface area contributed by atoms with Gasteiger partial charge in [-0.1, -0.05) is 22.5 Å². The number of carbonyl (C=O) groups is 2. The Bertz CT molecular complexity index is 1120. The molecule has 7 heteroatoms. The van der Waals surface area contributed by atoms with E-state index in [1.807, 2.05) is 12.1 Å². The molecule has 2 amide bonds. The minimum Gasteiger partial charge on any atom is -0.507 e. The maximum atomic E-state index is 13.0. The second kappa shape index (κ2) is 7.16. The Balaban J connectivity index is 1.61. The van der Waals surface area contributed by atoms with Gasteiger partial charge in [0.25, 0.3) is 5.91 Å². The van der Waals surface area contributed by atoms with Crippen LogP contribution >= 0.6 is 15.9 Å². The molecule has 0 atom stereocenters. The number of anilines is 1. The van der Waals surface area contributed by atoms with Crippen LogP contribution in [0, 0.1) is 0 Å². The van der Waals surface area contributed by atoms with E-state index in [2.05, 4.69) is 38.9 Å². The third-order valence-electron chi connectivity index (χ3n) is 4.90. The number of aromatic amines is 1. The molecule has 0 fully saturated rings. The van der Waals surface area contributed by atoms with E-state index in [0.717, 1.165) is 33.6 Å². The van der Waals surface area contributed by atoms with Gasteiger partial charge in [-0.3, -0.25) is 9.59 Å². The first-order valence-corrected chi connectivity index (χ1v) is 9.60. The molecule has 0 radical (unpaired) electrons. The van der Waals surface area contributed by atoms with Crippen LogP contribution in [0.5, 0.6) is 5.75 Å². The molecular weight excluding hydrogens is 422 g/mol. The standard InChI is InChI=1S/C21H18BrN3O3/c1-2-20(27)23-13-4-6-19(26)16(10-13)21(28)25-8-7-14-15-9-12(22)3-5-17(15)24-18(14)11-25/h2-6,9-10,24,26H,1,7-8,11H2,(H,23,27). The highest BCUT2D eigenvalue weighted by atomic mass is 79.9. The Morgan fingerprint density at radius 1 is 1.25 bits per heavy atom. The van der Waals surface area contributed by atoms with E-state index in [0.29, 0.717) is 18.8 Å². The van der Waals surface area contributed by atoms with Crippen molar-refractivity contribution in [2.45, 2.75) is 13.0 Å². The van der Waals surface area contributed by atoms with Crippen LogP contribution in [0.4, 0.5) is 5.69 Å². The molecule has 3 N–H and O–H groups in total. The van der Waals surface area contributed by atoms with Crippen molar-refractivity contribution in [3.63, 3.8) is 0 Å². The number of phenolic OH excluding ortho intramolecular Hbond substituents is 1. The number of rotatable bonds is 3. The van der Waals surface area contributed by atoms with Crippen molar-refractivity contribution < 1.29 is 14.7 Å². The second-order valence-corrected chi connectivity index (χ2v) is 7.59. The Labute approximate surface area is 170 Å². The zero-order valence-electron chi connectivity index (χ0n) is 15.0. The van der Waals surface area contributed by atoms with Gasteiger partial charge in [0.05, 0.1) is 12.1 Å². The second-order valence-electron chi connectivity index (χ2n) is 6.67. The van der Waals surface area contributed by atoms with E-state index < -0.39 is 0 Å². The van der Waals surface area contributed by atoms with Crippen LogP contribution in [0.3, 0.4) is 0 Å². The van der Waals surface area contributed by atoms with E-state index in [-0.39, 0.29) is 23.1 Å². The summed E-state index contributed by atoms with van der Waals surface area (Å²) in [5.41, 5.74) is 3.85. The highest BCUT2D eigenvalue weighted by molar-refractivity contribution is 9.10. The molecule has 28 heavy (non-hydrogen) atoms. The number of amides is 2. The minimum atomic E-state index is -0.379. The fourth-order valence-electron chi connectivity index (χ4n) is 3.53. The number of carbonyl (C=O) groups excluding carboxylic acids is 2. The van der Waals surface area contributed by atoms with E-state index in [1.54, 1.807) is 4.90 Å². The van der Waals surface area contributed by atoms with Crippen molar-refractivity contribution in [1.82, 2.24) is 9.88 Å². The number of fused-ring (bicyclic) bond motifs is 3. The van der Waals surface area contributed by atoms with Crippen LogP contribution in [0.2, 0.25) is 0 Å². The molecule has 2 aromatic carbocycles. The van der Waals surface area contributed by atoms with Crippen LogP contribution in [0.15, 0.2) is 53.5 Å². The number of hydrogen-bond acceptors (Lipinski definition) is 3. The van der Waals surface area contributed by atoms with Gasteiger partial charge >= 0.3 is 0 Å². The predicted octanol–water partition coefficient (Wildman–Crippen LogP) is 3.96. The highest BCUT2D eigenvalue weighted by Crippen LogP contribution is 2.31. The van der Waals surface area contributed by atoms with E-state index in [4.69, 9.17) is 0 Å². The number of nitrogens with one attached hydrogen (secondary N) is 2. The molecule has 0 aliphatic carbocycles. The minimum absolute atomic E-state index is 0.118. The SMILES string of the molecule is C=CC(=O)Nc1ccc(O)c(C(=O)N2CCc3c([nH]c4ccc(Br)cc34)C2)c1. The van der Waals surface area contributed by atoms with Crippen molar-refractivity contribution in [1.29, 1.82) is 0 Å². The maximum Gasteiger partial charge on any atom is 0.258 e. The number of hydrogen-bond donors (Lipinski definition) is 3. The lowest BCUT2D eigenvalue weighted by Crippen LogP contribution is -2.36. The Kier molecular flexibility index (Phi) is 4.68. The van der Waals surface area contributed by atoms with Gasteiger partial charge in [-0.15, -0.1) is 0 Å². The van der Waals surface area contributed by atoms with Crippen molar-refractivity contribution in [3.8, 4) is 5.75 Å². The Morgan fingerprint density at radius 3 is 2.86 bits per heavy atom. The monoisotopic (exact) mass is 439 g/mol. The first-order chi connectivity index (χ1) is 13.5. The molecule has 2 heterocycles. The summed E-state index contributed by atoms with van der Waals surface area (Å²) in [5.74, 6) is -0.776. The molecule has 0 saturated carbocycles. The largest absolute Gasteiger partial charge is 0.507 e. The van der Waals surface area contributed by atoms with Gasteiger partial charge in [0.2, 0.25) is 5.91 Å². The average molecular weight is 440 g/mol. The zero-order valence-corrected chi connectivity index (χ0v) is 16.5. The number of phenols is 1. The highest BCUT2D eigenvalue weighted by Gasteiger charge is 2.26. The number of aromatic hydroxyl groups is 1. The number of halogens is 1. The summed E-state index contributed by atoms with van der Waals surface area (Å²) in [6.45, 7) is 4.39. The molecule has 1 aliphatic rings. The zero-order chi connectivity index (χ0) is 19.8. The van der Waals surface area contributed by atoms with E-state index in [1.165, 1.54) is 23.8 Å². The molecule has 1 aliphatic heterocycles. The lowest BCUT2D eigenvalue weighted by atomic mass is 10.0. The fourth-order valence-corrected chi connectivity index (χ4v) is 3.90. The van der Waals surface area contributed by atoms with Gasteiger partial charge in [-0.05, 0) is 54.5 Å². The van der Waals surface area contributed by atoms with E-state index in [9.17, 15) is 14.7 Å². The summed E-state index contributed by atoms with van der Waals surface area (Å²) in [6.07, 6.45) is 1.87.